The van der Waals surface area contributed by atoms with E-state index in [4.69, 9.17) is 6.42 Å². The molecule has 0 rings (SSSR count). The molecule has 9 heavy (non-hydrogen) atoms. The lowest BCUT2D eigenvalue weighted by Gasteiger charge is -2.19. The second-order valence-corrected chi connectivity index (χ2v) is 2.09. The van der Waals surface area contributed by atoms with Crippen LogP contribution >= 0.6 is 0 Å². The van der Waals surface area contributed by atoms with Gasteiger partial charge in [0.1, 0.15) is 0 Å². The van der Waals surface area contributed by atoms with Gasteiger partial charge in [-0.25, -0.2) is 0 Å². The molecule has 0 radical (unpaired) electrons. The molecule has 0 heterocycles. The summed E-state index contributed by atoms with van der Waals surface area (Å²) in [6, 6.07) is 0. The van der Waals surface area contributed by atoms with Crippen LogP contribution in [0, 0.1) is 12.3 Å². The third-order valence-electron chi connectivity index (χ3n) is 1.40. The van der Waals surface area contributed by atoms with Crippen LogP contribution in [0.2, 0.25) is 0 Å². The first-order valence-electron chi connectivity index (χ1n) is 2.87. The van der Waals surface area contributed by atoms with Crippen molar-refractivity contribution >= 4 is 6.41 Å². The molecule has 0 saturated carbocycles. The summed E-state index contributed by atoms with van der Waals surface area (Å²) in [6.45, 7) is 3.73. The van der Waals surface area contributed by atoms with Crippen molar-refractivity contribution in [2.45, 2.75) is 25.8 Å². The van der Waals surface area contributed by atoms with E-state index in [1.165, 1.54) is 0 Å². The maximum Gasteiger partial charge on any atom is 0.208 e. The van der Waals surface area contributed by atoms with Gasteiger partial charge in [0.25, 0.3) is 0 Å². The minimum absolute atomic E-state index is 0.457. The molecule has 50 valence electrons. The van der Waals surface area contributed by atoms with Crippen molar-refractivity contribution in [1.29, 1.82) is 0 Å². The van der Waals surface area contributed by atoms with E-state index >= 15 is 0 Å². The third kappa shape index (κ3) is 2.18. The number of nitrogens with one attached hydrogen (secondary N) is 1. The van der Waals surface area contributed by atoms with E-state index in [1.54, 1.807) is 6.92 Å². The van der Waals surface area contributed by atoms with Gasteiger partial charge in [0.2, 0.25) is 6.41 Å². The van der Waals surface area contributed by atoms with E-state index < -0.39 is 5.54 Å². The highest BCUT2D eigenvalue weighted by Crippen LogP contribution is 2.04. The zero-order valence-corrected chi connectivity index (χ0v) is 5.77. The molecule has 1 N–H and O–H groups in total. The predicted octanol–water partition coefficient (Wildman–Crippen LogP) is 0.534. The van der Waals surface area contributed by atoms with Crippen LogP contribution < -0.4 is 5.32 Å². The predicted molar refractivity (Wildman–Crippen MR) is 36.7 cm³/mol. The highest BCUT2D eigenvalue weighted by atomic mass is 16.1. The van der Waals surface area contributed by atoms with Gasteiger partial charge in [0.15, 0.2) is 0 Å². The van der Waals surface area contributed by atoms with Crippen LogP contribution in [0.15, 0.2) is 0 Å². The highest BCUT2D eigenvalue weighted by molar-refractivity contribution is 5.49. The molecule has 0 aromatic heterocycles. The fourth-order valence-corrected chi connectivity index (χ4v) is 0.376. The van der Waals surface area contributed by atoms with E-state index in [1.807, 2.05) is 6.92 Å². The lowest BCUT2D eigenvalue weighted by atomic mass is 10.0. The molecule has 0 aromatic carbocycles. The van der Waals surface area contributed by atoms with Crippen molar-refractivity contribution in [3.05, 3.63) is 0 Å². The van der Waals surface area contributed by atoms with E-state index in [2.05, 4.69) is 11.2 Å². The van der Waals surface area contributed by atoms with E-state index in [0.29, 0.717) is 6.41 Å². The van der Waals surface area contributed by atoms with Crippen molar-refractivity contribution in [3.63, 3.8) is 0 Å². The lowest BCUT2D eigenvalue weighted by molar-refractivity contribution is -0.110. The van der Waals surface area contributed by atoms with Crippen LogP contribution in [0.25, 0.3) is 0 Å². The summed E-state index contributed by atoms with van der Waals surface area (Å²) in [5, 5.41) is 2.54. The summed E-state index contributed by atoms with van der Waals surface area (Å²) >= 11 is 0. The summed E-state index contributed by atoms with van der Waals surface area (Å²) in [5.41, 5.74) is -0.457. The summed E-state index contributed by atoms with van der Waals surface area (Å²) in [4.78, 5) is 9.93. The number of carbonyl (C=O) groups excluding carboxylic acids is 1. The van der Waals surface area contributed by atoms with Gasteiger partial charge in [0.05, 0.1) is 5.54 Å². The average Bonchev–Trinajstić information content (AvgIpc) is 1.89. The van der Waals surface area contributed by atoms with E-state index in [0.717, 1.165) is 6.42 Å². The number of terminal acetylenes is 1. The van der Waals surface area contributed by atoms with Gasteiger partial charge in [-0.3, -0.25) is 4.79 Å². The number of carbonyl (C=O) groups is 1. The van der Waals surface area contributed by atoms with Crippen LogP contribution in [0.5, 0.6) is 0 Å². The van der Waals surface area contributed by atoms with Gasteiger partial charge in [-0.05, 0) is 13.3 Å². The van der Waals surface area contributed by atoms with Crippen molar-refractivity contribution in [1.82, 2.24) is 5.32 Å². The third-order valence-corrected chi connectivity index (χ3v) is 1.40. The first-order valence-corrected chi connectivity index (χ1v) is 2.87. The monoisotopic (exact) mass is 125 g/mol. The normalized spacial score (nSPS) is 15.2. The Labute approximate surface area is 55.6 Å². The van der Waals surface area contributed by atoms with Crippen LogP contribution in [0.4, 0.5) is 0 Å². The first-order chi connectivity index (χ1) is 4.18. The number of hydrogen-bond acceptors (Lipinski definition) is 1. The molecule has 1 amide bonds. The molecular weight excluding hydrogens is 114 g/mol. The maximum absolute atomic E-state index is 9.93. The molecule has 0 aliphatic carbocycles. The molecule has 0 aromatic rings. The van der Waals surface area contributed by atoms with Crippen LogP contribution in [-0.2, 0) is 4.79 Å². The van der Waals surface area contributed by atoms with Gasteiger partial charge >= 0.3 is 0 Å². The molecule has 2 heteroatoms. The van der Waals surface area contributed by atoms with Crippen molar-refractivity contribution < 1.29 is 4.79 Å². The molecule has 1 unspecified atom stereocenters. The number of rotatable bonds is 3. The largest absolute Gasteiger partial charge is 0.343 e. The highest BCUT2D eigenvalue weighted by Gasteiger charge is 2.15. The molecule has 0 aliphatic heterocycles. The minimum atomic E-state index is -0.457. The molecular formula is C7H11NO. The van der Waals surface area contributed by atoms with E-state index in [9.17, 15) is 4.79 Å². The van der Waals surface area contributed by atoms with Crippen LogP contribution in [0.3, 0.4) is 0 Å². The Balaban J connectivity index is 3.96. The van der Waals surface area contributed by atoms with Crippen molar-refractivity contribution in [2.75, 3.05) is 0 Å². The van der Waals surface area contributed by atoms with Gasteiger partial charge in [-0.15, -0.1) is 6.42 Å². The van der Waals surface area contributed by atoms with Crippen molar-refractivity contribution in [2.24, 2.45) is 0 Å². The smallest absolute Gasteiger partial charge is 0.208 e. The molecule has 0 saturated heterocycles. The molecule has 0 fully saturated rings. The standard InChI is InChI=1S/C7H11NO/c1-4-7(3,5-2)8-6-9/h1,6H,5H2,2-3H3,(H,8,9). The molecule has 0 spiro atoms. The molecule has 0 aliphatic rings. The van der Waals surface area contributed by atoms with Crippen molar-refractivity contribution in [3.8, 4) is 12.3 Å². The first kappa shape index (κ1) is 8.03. The Morgan fingerprint density at radius 3 is 2.56 bits per heavy atom. The maximum atomic E-state index is 9.93. The average molecular weight is 125 g/mol. The fourth-order valence-electron chi connectivity index (χ4n) is 0.376. The van der Waals surface area contributed by atoms with Gasteiger partial charge < -0.3 is 5.32 Å². The number of hydrogen-bond donors (Lipinski definition) is 1. The molecule has 2 nitrogen and oxygen atoms in total. The Kier molecular flexibility index (Phi) is 2.80. The van der Waals surface area contributed by atoms with Gasteiger partial charge in [0, 0.05) is 0 Å². The fraction of sp³-hybridized carbons (Fsp3) is 0.571. The Morgan fingerprint density at radius 2 is 2.44 bits per heavy atom. The van der Waals surface area contributed by atoms with E-state index in [-0.39, 0.29) is 0 Å². The second kappa shape index (κ2) is 3.13. The minimum Gasteiger partial charge on any atom is -0.343 e. The van der Waals surface area contributed by atoms with Crippen LogP contribution in [0.1, 0.15) is 20.3 Å². The topological polar surface area (TPSA) is 29.1 Å². The Morgan fingerprint density at radius 1 is 1.89 bits per heavy atom. The number of amides is 1. The zero-order valence-electron chi connectivity index (χ0n) is 5.77. The summed E-state index contributed by atoms with van der Waals surface area (Å²) < 4.78 is 0. The lowest BCUT2D eigenvalue weighted by Crippen LogP contribution is -2.38. The Hall–Kier alpha value is -0.970. The summed E-state index contributed by atoms with van der Waals surface area (Å²) in [7, 11) is 0. The summed E-state index contributed by atoms with van der Waals surface area (Å²) in [5.74, 6) is 2.49. The van der Waals surface area contributed by atoms with Gasteiger partial charge in [-0.2, -0.15) is 0 Å². The quantitative estimate of drug-likeness (QED) is 0.432. The summed E-state index contributed by atoms with van der Waals surface area (Å²) in [6.07, 6.45) is 6.51. The molecule has 1 atom stereocenters. The van der Waals surface area contributed by atoms with Gasteiger partial charge in [-0.1, -0.05) is 12.8 Å². The molecule has 0 bridgehead atoms. The second-order valence-electron chi connectivity index (χ2n) is 2.09. The Bertz CT molecular complexity index is 136. The van der Waals surface area contributed by atoms with Crippen LogP contribution in [-0.4, -0.2) is 11.9 Å². The SMILES string of the molecule is C#CC(C)(CC)NC=O. The zero-order chi connectivity index (χ0) is 7.33.